The zero-order chi connectivity index (χ0) is 15.4. The van der Waals surface area contributed by atoms with Gasteiger partial charge in [0.25, 0.3) is 0 Å². The van der Waals surface area contributed by atoms with Crippen molar-refractivity contribution >= 4 is 0 Å². The molecule has 0 N–H and O–H groups in total. The van der Waals surface area contributed by atoms with Gasteiger partial charge in [0.2, 0.25) is 0 Å². The molecule has 1 heterocycles. The highest BCUT2D eigenvalue weighted by Gasteiger charge is 2.72. The average Bonchev–Trinajstić information content (AvgIpc) is 2.79. The predicted molar refractivity (Wildman–Crippen MR) is 54.7 cm³/mol. The zero-order valence-electron chi connectivity index (χ0n) is 10.5. The maximum atomic E-state index is 12.9. The molecular weight excluding hydrogens is 297 g/mol. The highest BCUT2D eigenvalue weighted by atomic mass is 19.4. The molecule has 1 rings (SSSR count). The maximum absolute atomic E-state index is 12.9. The van der Waals surface area contributed by atoms with E-state index in [0.29, 0.717) is 13.0 Å². The number of alkyl halides is 7. The van der Waals surface area contributed by atoms with E-state index in [1.165, 1.54) is 0 Å². The van der Waals surface area contributed by atoms with E-state index in [1.807, 2.05) is 0 Å². The van der Waals surface area contributed by atoms with E-state index in [2.05, 4.69) is 0 Å². The Hall–Kier alpha value is -0.570. The minimum atomic E-state index is -6.26. The second kappa shape index (κ2) is 6.46. The van der Waals surface area contributed by atoms with Crippen molar-refractivity contribution in [3.8, 4) is 0 Å². The van der Waals surface area contributed by atoms with Gasteiger partial charge in [0.15, 0.2) is 6.29 Å². The van der Waals surface area contributed by atoms with Crippen LogP contribution in [0, 0.1) is 0 Å². The second-order valence-electron chi connectivity index (χ2n) is 4.55. The standard InChI is InChI=1S/C11H15F7O2/c12-9(13,10(14,15)11(16,17)18)5-1-2-6-19-8-4-3-7-20-8/h8H,1-7H2. The molecule has 0 aromatic carbocycles. The molecule has 0 aromatic heterocycles. The molecule has 1 unspecified atom stereocenters. The summed E-state index contributed by atoms with van der Waals surface area (Å²) < 4.78 is 96.5. The van der Waals surface area contributed by atoms with E-state index >= 15 is 0 Å². The van der Waals surface area contributed by atoms with Gasteiger partial charge in [-0.25, -0.2) is 0 Å². The van der Waals surface area contributed by atoms with Crippen molar-refractivity contribution in [2.75, 3.05) is 13.2 Å². The van der Waals surface area contributed by atoms with Crippen LogP contribution < -0.4 is 0 Å². The fourth-order valence-electron chi connectivity index (χ4n) is 1.71. The van der Waals surface area contributed by atoms with Gasteiger partial charge in [-0.3, -0.25) is 0 Å². The lowest BCUT2D eigenvalue weighted by atomic mass is 10.0. The van der Waals surface area contributed by atoms with Crippen molar-refractivity contribution in [1.29, 1.82) is 0 Å². The monoisotopic (exact) mass is 312 g/mol. The topological polar surface area (TPSA) is 18.5 Å². The maximum Gasteiger partial charge on any atom is 0.459 e. The molecule has 0 radical (unpaired) electrons. The van der Waals surface area contributed by atoms with Crippen LogP contribution in [0.5, 0.6) is 0 Å². The Kier molecular flexibility index (Phi) is 5.65. The fourth-order valence-corrected chi connectivity index (χ4v) is 1.71. The lowest BCUT2D eigenvalue weighted by Crippen LogP contribution is -2.51. The molecule has 0 spiro atoms. The third-order valence-electron chi connectivity index (χ3n) is 2.89. The van der Waals surface area contributed by atoms with E-state index in [1.54, 1.807) is 0 Å². The smallest absolute Gasteiger partial charge is 0.353 e. The largest absolute Gasteiger partial charge is 0.459 e. The highest BCUT2D eigenvalue weighted by molar-refractivity contribution is 4.90. The fraction of sp³-hybridized carbons (Fsp3) is 1.00. The third-order valence-corrected chi connectivity index (χ3v) is 2.89. The second-order valence-corrected chi connectivity index (χ2v) is 4.55. The van der Waals surface area contributed by atoms with E-state index < -0.39 is 37.2 Å². The number of halogens is 7. The Morgan fingerprint density at radius 2 is 1.65 bits per heavy atom. The summed E-state index contributed by atoms with van der Waals surface area (Å²) in [7, 11) is 0. The van der Waals surface area contributed by atoms with Crippen molar-refractivity contribution in [3.05, 3.63) is 0 Å². The molecule has 1 fully saturated rings. The molecule has 1 aliphatic heterocycles. The number of unbranched alkanes of at least 4 members (excludes halogenated alkanes) is 1. The van der Waals surface area contributed by atoms with Crippen LogP contribution >= 0.6 is 0 Å². The molecule has 120 valence electrons. The van der Waals surface area contributed by atoms with Crippen LogP contribution in [0.2, 0.25) is 0 Å². The van der Waals surface area contributed by atoms with Gasteiger partial charge in [0.1, 0.15) is 0 Å². The number of rotatable bonds is 7. The molecule has 2 nitrogen and oxygen atoms in total. The van der Waals surface area contributed by atoms with Gasteiger partial charge in [-0.1, -0.05) is 0 Å². The molecule has 0 bridgehead atoms. The molecule has 1 atom stereocenters. The van der Waals surface area contributed by atoms with Crippen molar-refractivity contribution < 1.29 is 40.2 Å². The van der Waals surface area contributed by atoms with Crippen LogP contribution in [-0.4, -0.2) is 37.5 Å². The Morgan fingerprint density at radius 1 is 1.00 bits per heavy atom. The number of ether oxygens (including phenoxy) is 2. The SMILES string of the molecule is FC(F)(F)C(F)(F)C(F)(F)CCCCOC1CCCO1. The van der Waals surface area contributed by atoms with Crippen LogP contribution in [0.25, 0.3) is 0 Å². The molecule has 1 saturated heterocycles. The number of hydrogen-bond donors (Lipinski definition) is 0. The van der Waals surface area contributed by atoms with Crippen molar-refractivity contribution in [1.82, 2.24) is 0 Å². The van der Waals surface area contributed by atoms with Gasteiger partial charge in [0, 0.05) is 26.1 Å². The summed E-state index contributed by atoms with van der Waals surface area (Å²) in [5.74, 6) is -11.1. The van der Waals surface area contributed by atoms with E-state index in [9.17, 15) is 30.7 Å². The molecule has 0 aliphatic carbocycles. The zero-order valence-corrected chi connectivity index (χ0v) is 10.5. The van der Waals surface area contributed by atoms with Crippen molar-refractivity contribution in [2.24, 2.45) is 0 Å². The Morgan fingerprint density at radius 3 is 2.15 bits per heavy atom. The van der Waals surface area contributed by atoms with Gasteiger partial charge in [-0.2, -0.15) is 30.7 Å². The van der Waals surface area contributed by atoms with Crippen molar-refractivity contribution in [3.63, 3.8) is 0 Å². The first-order valence-corrected chi connectivity index (χ1v) is 6.13. The minimum Gasteiger partial charge on any atom is -0.353 e. The van der Waals surface area contributed by atoms with Gasteiger partial charge < -0.3 is 9.47 Å². The first kappa shape index (κ1) is 17.5. The summed E-state index contributed by atoms with van der Waals surface area (Å²) in [4.78, 5) is 0. The van der Waals surface area contributed by atoms with Gasteiger partial charge in [-0.05, 0) is 19.3 Å². The summed E-state index contributed by atoms with van der Waals surface area (Å²) in [5, 5.41) is 0. The predicted octanol–water partition coefficient (Wildman–Crippen LogP) is 4.14. The van der Waals surface area contributed by atoms with Crippen LogP contribution in [0.4, 0.5) is 30.7 Å². The minimum absolute atomic E-state index is 0.0155. The summed E-state index contributed by atoms with van der Waals surface area (Å²) in [6, 6.07) is 0. The van der Waals surface area contributed by atoms with E-state index in [4.69, 9.17) is 9.47 Å². The van der Waals surface area contributed by atoms with Crippen molar-refractivity contribution in [2.45, 2.75) is 56.4 Å². The van der Waals surface area contributed by atoms with Gasteiger partial charge >= 0.3 is 18.0 Å². The first-order valence-electron chi connectivity index (χ1n) is 6.13. The van der Waals surface area contributed by atoms with E-state index in [-0.39, 0.29) is 13.0 Å². The summed E-state index contributed by atoms with van der Waals surface area (Å²) >= 11 is 0. The molecule has 9 heteroatoms. The molecule has 0 amide bonds. The van der Waals surface area contributed by atoms with Crippen LogP contribution in [0.15, 0.2) is 0 Å². The third kappa shape index (κ3) is 4.21. The Bertz CT molecular complexity index is 298. The van der Waals surface area contributed by atoms with E-state index in [0.717, 1.165) is 6.42 Å². The first-order chi connectivity index (χ1) is 9.08. The highest BCUT2D eigenvalue weighted by Crippen LogP contribution is 2.48. The van der Waals surface area contributed by atoms with Gasteiger partial charge in [-0.15, -0.1) is 0 Å². The lowest BCUT2D eigenvalue weighted by molar-refractivity contribution is -0.355. The molecular formula is C11H15F7O2. The molecule has 0 saturated carbocycles. The summed E-state index contributed by atoms with van der Waals surface area (Å²) in [6.45, 7) is 0.513. The Balaban J connectivity index is 2.28. The molecule has 1 aliphatic rings. The number of hydrogen-bond acceptors (Lipinski definition) is 2. The van der Waals surface area contributed by atoms with Crippen LogP contribution in [-0.2, 0) is 9.47 Å². The van der Waals surface area contributed by atoms with Gasteiger partial charge in [0.05, 0.1) is 0 Å². The van der Waals surface area contributed by atoms with Crippen LogP contribution in [0.3, 0.4) is 0 Å². The summed E-state index contributed by atoms with van der Waals surface area (Å²) in [6.07, 6.45) is -7.32. The quantitative estimate of drug-likeness (QED) is 0.519. The summed E-state index contributed by atoms with van der Waals surface area (Å²) in [5.41, 5.74) is 0. The average molecular weight is 312 g/mol. The lowest BCUT2D eigenvalue weighted by Gasteiger charge is -2.28. The Labute approximate surface area is 111 Å². The van der Waals surface area contributed by atoms with Crippen LogP contribution in [0.1, 0.15) is 32.1 Å². The molecule has 20 heavy (non-hydrogen) atoms. The molecule has 0 aromatic rings. The normalized spacial score (nSPS) is 21.4.